The number of allylic oxidation sites excluding steroid dienone is 12. The molecule has 1 atom stereocenters. The quantitative estimate of drug-likeness (QED) is 0.0261. The van der Waals surface area contributed by atoms with Crippen LogP contribution in [0.4, 0.5) is 0 Å². The van der Waals surface area contributed by atoms with E-state index in [1.165, 1.54) is 218 Å². The van der Waals surface area contributed by atoms with E-state index in [0.29, 0.717) is 19.3 Å². The monoisotopic (exact) mass is 1090 g/mol. The highest BCUT2D eigenvalue weighted by Crippen LogP contribution is 2.18. The summed E-state index contributed by atoms with van der Waals surface area (Å²) < 4.78 is 16.9. The second kappa shape index (κ2) is 66.4. The number of hydrogen-bond acceptors (Lipinski definition) is 6. The molecule has 0 spiro atoms. The number of rotatable bonds is 62. The molecule has 0 N–H and O–H groups in total. The summed E-state index contributed by atoms with van der Waals surface area (Å²) in [4.78, 5) is 38.3. The highest BCUT2D eigenvalue weighted by molar-refractivity contribution is 5.71. The summed E-state index contributed by atoms with van der Waals surface area (Å²) in [6.07, 6.45) is 86.6. The first-order valence-electron chi connectivity index (χ1n) is 33.9. The van der Waals surface area contributed by atoms with Gasteiger partial charge in [0, 0.05) is 19.3 Å². The van der Waals surface area contributed by atoms with Crippen LogP contribution in [0.3, 0.4) is 0 Å². The third-order valence-electron chi connectivity index (χ3n) is 14.9. The molecule has 78 heavy (non-hydrogen) atoms. The van der Waals surface area contributed by atoms with Gasteiger partial charge in [-0.15, -0.1) is 0 Å². The Labute approximate surface area is 484 Å². The lowest BCUT2D eigenvalue weighted by Crippen LogP contribution is -2.30. The summed E-state index contributed by atoms with van der Waals surface area (Å²) in [6.45, 7) is 6.50. The first kappa shape index (κ1) is 74.8. The van der Waals surface area contributed by atoms with Gasteiger partial charge in [-0.05, 0) is 83.5 Å². The van der Waals surface area contributed by atoms with Crippen LogP contribution in [0.1, 0.15) is 348 Å². The molecule has 1 unspecified atom stereocenters. The molecule has 6 heteroatoms. The molecule has 0 aliphatic rings. The van der Waals surface area contributed by atoms with Crippen LogP contribution in [0.5, 0.6) is 0 Å². The van der Waals surface area contributed by atoms with Crippen molar-refractivity contribution < 1.29 is 28.6 Å². The van der Waals surface area contributed by atoms with Gasteiger partial charge in [0.2, 0.25) is 0 Å². The largest absolute Gasteiger partial charge is 0.462 e. The van der Waals surface area contributed by atoms with Gasteiger partial charge in [0.1, 0.15) is 13.2 Å². The standard InChI is InChI=1S/C72H128O6/c1-4-7-10-13-16-19-22-25-27-29-30-31-32-33-34-35-36-37-38-39-40-41-43-44-47-50-53-56-59-62-65-71(74)77-68-69(67-76-70(73)64-61-58-55-52-49-46-24-21-18-15-12-9-6-3)78-72(75)66-63-60-57-54-51-48-45-42-28-26-23-20-17-14-11-8-5-2/h8,11,17,20-21,24,26,28,45,48,54,57,69H,4-7,9-10,12-16,18-19,22-23,25,27,29-44,46-47,49-53,55-56,58-68H2,1-3H3/b11-8-,20-17-,24-21-,28-26-,48-45-,57-54-. The summed E-state index contributed by atoms with van der Waals surface area (Å²) >= 11 is 0. The van der Waals surface area contributed by atoms with E-state index >= 15 is 0 Å². The smallest absolute Gasteiger partial charge is 0.306 e. The van der Waals surface area contributed by atoms with Crippen LogP contribution < -0.4 is 0 Å². The number of hydrogen-bond donors (Lipinski definition) is 0. The Balaban J connectivity index is 4.22. The SMILES string of the molecule is CC/C=C\C/C=C\C/C=C\C/C=C\C/C=C\CCCC(=O)OC(COC(=O)CCCCCCC/C=C\CCCCCC)COC(=O)CCCCCCCCCCCCCCCCCCCCCCCCCCCCCCCC. The van der Waals surface area contributed by atoms with Gasteiger partial charge in [-0.3, -0.25) is 14.4 Å². The zero-order chi connectivity index (χ0) is 56.4. The van der Waals surface area contributed by atoms with Crippen molar-refractivity contribution in [3.63, 3.8) is 0 Å². The average molecular weight is 1090 g/mol. The van der Waals surface area contributed by atoms with Crippen molar-refractivity contribution >= 4 is 17.9 Å². The van der Waals surface area contributed by atoms with Gasteiger partial charge < -0.3 is 14.2 Å². The number of carbonyl (C=O) groups is 3. The first-order chi connectivity index (χ1) is 38.5. The van der Waals surface area contributed by atoms with Gasteiger partial charge in [-0.25, -0.2) is 0 Å². The van der Waals surface area contributed by atoms with E-state index in [4.69, 9.17) is 14.2 Å². The number of unbranched alkanes of at least 4 members (excludes halogenated alkanes) is 39. The second-order valence-electron chi connectivity index (χ2n) is 22.7. The van der Waals surface area contributed by atoms with Crippen LogP contribution in [0.15, 0.2) is 72.9 Å². The third-order valence-corrected chi connectivity index (χ3v) is 14.9. The molecule has 0 fully saturated rings. The first-order valence-corrected chi connectivity index (χ1v) is 33.9. The summed E-state index contributed by atoms with van der Waals surface area (Å²) in [5.74, 6) is -0.951. The molecule has 0 saturated carbocycles. The zero-order valence-electron chi connectivity index (χ0n) is 51.9. The molecule has 0 rings (SSSR count). The molecule has 0 amide bonds. The van der Waals surface area contributed by atoms with E-state index in [2.05, 4.69) is 93.7 Å². The maximum absolute atomic E-state index is 12.9. The van der Waals surface area contributed by atoms with Crippen molar-refractivity contribution in [3.8, 4) is 0 Å². The zero-order valence-corrected chi connectivity index (χ0v) is 51.9. The Morgan fingerprint density at radius 3 is 0.846 bits per heavy atom. The average Bonchev–Trinajstić information content (AvgIpc) is 3.44. The Bertz CT molecular complexity index is 1440. The van der Waals surface area contributed by atoms with Crippen molar-refractivity contribution in [2.24, 2.45) is 0 Å². The second-order valence-corrected chi connectivity index (χ2v) is 22.7. The minimum absolute atomic E-state index is 0.0978. The van der Waals surface area contributed by atoms with Gasteiger partial charge in [0.25, 0.3) is 0 Å². The minimum atomic E-state index is -0.808. The lowest BCUT2D eigenvalue weighted by molar-refractivity contribution is -0.167. The fourth-order valence-corrected chi connectivity index (χ4v) is 9.89. The summed E-state index contributed by atoms with van der Waals surface area (Å²) in [5.41, 5.74) is 0. The molecule has 6 nitrogen and oxygen atoms in total. The van der Waals surface area contributed by atoms with Gasteiger partial charge in [-0.1, -0.05) is 318 Å². The maximum Gasteiger partial charge on any atom is 0.306 e. The highest BCUT2D eigenvalue weighted by atomic mass is 16.6. The van der Waals surface area contributed by atoms with Crippen molar-refractivity contribution in [1.29, 1.82) is 0 Å². The Morgan fingerprint density at radius 1 is 0.269 bits per heavy atom. The molecule has 0 aromatic carbocycles. The molecule has 0 aliphatic carbocycles. The van der Waals surface area contributed by atoms with E-state index in [1.54, 1.807) is 0 Å². The van der Waals surface area contributed by atoms with Crippen molar-refractivity contribution in [3.05, 3.63) is 72.9 Å². The molecule has 0 heterocycles. The van der Waals surface area contributed by atoms with E-state index in [9.17, 15) is 14.4 Å². The van der Waals surface area contributed by atoms with Crippen LogP contribution in [-0.2, 0) is 28.6 Å². The normalized spacial score (nSPS) is 12.5. The Kier molecular flexibility index (Phi) is 63.7. The molecule has 0 bridgehead atoms. The van der Waals surface area contributed by atoms with Gasteiger partial charge in [0.05, 0.1) is 0 Å². The fraction of sp³-hybridized carbons (Fsp3) is 0.792. The number of carbonyl (C=O) groups excluding carboxylic acids is 3. The predicted octanol–water partition coefficient (Wildman–Crippen LogP) is 23.3. The predicted molar refractivity (Wildman–Crippen MR) is 339 cm³/mol. The minimum Gasteiger partial charge on any atom is -0.462 e. The topological polar surface area (TPSA) is 78.9 Å². The van der Waals surface area contributed by atoms with Gasteiger partial charge in [0.15, 0.2) is 6.10 Å². The van der Waals surface area contributed by atoms with E-state index in [-0.39, 0.29) is 37.5 Å². The molecular formula is C72H128O6. The molecular weight excluding hydrogens is 961 g/mol. The van der Waals surface area contributed by atoms with E-state index < -0.39 is 6.10 Å². The molecule has 0 aromatic rings. The molecule has 0 aromatic heterocycles. The van der Waals surface area contributed by atoms with E-state index in [0.717, 1.165) is 83.5 Å². The van der Waals surface area contributed by atoms with Crippen LogP contribution >= 0.6 is 0 Å². The van der Waals surface area contributed by atoms with Crippen molar-refractivity contribution in [1.82, 2.24) is 0 Å². The Hall–Kier alpha value is -3.15. The van der Waals surface area contributed by atoms with Crippen LogP contribution in [-0.4, -0.2) is 37.2 Å². The van der Waals surface area contributed by atoms with Crippen LogP contribution in [0.2, 0.25) is 0 Å². The van der Waals surface area contributed by atoms with Crippen LogP contribution in [0, 0.1) is 0 Å². The molecule has 0 aliphatic heterocycles. The molecule has 452 valence electrons. The van der Waals surface area contributed by atoms with Gasteiger partial charge >= 0.3 is 17.9 Å². The maximum atomic E-state index is 12.9. The van der Waals surface area contributed by atoms with Crippen LogP contribution in [0.25, 0.3) is 0 Å². The lowest BCUT2D eigenvalue weighted by atomic mass is 10.0. The number of esters is 3. The van der Waals surface area contributed by atoms with Gasteiger partial charge in [-0.2, -0.15) is 0 Å². The highest BCUT2D eigenvalue weighted by Gasteiger charge is 2.19. The summed E-state index contributed by atoms with van der Waals surface area (Å²) in [5, 5.41) is 0. The third kappa shape index (κ3) is 63.7. The van der Waals surface area contributed by atoms with E-state index in [1.807, 2.05) is 0 Å². The fourth-order valence-electron chi connectivity index (χ4n) is 9.89. The molecule has 0 saturated heterocycles. The number of ether oxygens (including phenoxy) is 3. The summed E-state index contributed by atoms with van der Waals surface area (Å²) in [6, 6.07) is 0. The van der Waals surface area contributed by atoms with Crippen molar-refractivity contribution in [2.45, 2.75) is 354 Å². The van der Waals surface area contributed by atoms with Crippen molar-refractivity contribution in [2.75, 3.05) is 13.2 Å². The summed E-state index contributed by atoms with van der Waals surface area (Å²) in [7, 11) is 0. The molecule has 0 radical (unpaired) electrons. The Morgan fingerprint density at radius 2 is 0.513 bits per heavy atom. The lowest BCUT2D eigenvalue weighted by Gasteiger charge is -2.18.